The Bertz CT molecular complexity index is 550. The molecule has 0 bridgehead atoms. The first-order valence-corrected chi connectivity index (χ1v) is 8.64. The van der Waals surface area contributed by atoms with Crippen molar-refractivity contribution in [3.05, 3.63) is 12.2 Å². The van der Waals surface area contributed by atoms with Gasteiger partial charge in [-0.05, 0) is 39.3 Å². The molecule has 0 spiro atoms. The molecular formula is C12H24N6O2S. The van der Waals surface area contributed by atoms with Crippen molar-refractivity contribution in [1.82, 2.24) is 29.1 Å². The monoisotopic (exact) mass is 316 g/mol. The molecule has 1 aliphatic rings. The summed E-state index contributed by atoms with van der Waals surface area (Å²) < 4.78 is 30.7. The maximum absolute atomic E-state index is 12.4. The van der Waals surface area contributed by atoms with Gasteiger partial charge in [-0.1, -0.05) is 0 Å². The Labute approximate surface area is 126 Å². The second-order valence-electron chi connectivity index (χ2n) is 5.54. The zero-order valence-electron chi connectivity index (χ0n) is 12.8. The molecule has 1 aliphatic heterocycles. The molecule has 0 aromatic carbocycles. The predicted octanol–water partition coefficient (Wildman–Crippen LogP) is -0.358. The largest absolute Gasteiger partial charge is 0.319 e. The Morgan fingerprint density at radius 3 is 2.62 bits per heavy atom. The van der Waals surface area contributed by atoms with Crippen molar-refractivity contribution in [3.63, 3.8) is 0 Å². The first-order valence-electron chi connectivity index (χ1n) is 7.20. The second kappa shape index (κ2) is 6.82. The van der Waals surface area contributed by atoms with Gasteiger partial charge in [0.1, 0.15) is 6.33 Å². The fourth-order valence-electron chi connectivity index (χ4n) is 2.68. The summed E-state index contributed by atoms with van der Waals surface area (Å²) in [6.45, 7) is 3.84. The van der Waals surface area contributed by atoms with Gasteiger partial charge >= 0.3 is 0 Å². The Morgan fingerprint density at radius 1 is 1.43 bits per heavy atom. The number of hydrogen-bond donors (Lipinski definition) is 2. The van der Waals surface area contributed by atoms with Crippen molar-refractivity contribution in [1.29, 1.82) is 0 Å². The van der Waals surface area contributed by atoms with Crippen molar-refractivity contribution >= 4 is 10.2 Å². The normalized spacial score (nSPS) is 19.8. The van der Waals surface area contributed by atoms with Gasteiger partial charge in [0.2, 0.25) is 0 Å². The molecule has 120 valence electrons. The summed E-state index contributed by atoms with van der Waals surface area (Å²) >= 11 is 0. The van der Waals surface area contributed by atoms with Gasteiger partial charge in [0.15, 0.2) is 5.82 Å². The summed E-state index contributed by atoms with van der Waals surface area (Å²) in [5.74, 6) is 1.15. The molecule has 2 N–H and O–H groups in total. The number of aryl methyl sites for hydroxylation is 1. The lowest BCUT2D eigenvalue weighted by molar-refractivity contribution is 0.267. The van der Waals surface area contributed by atoms with E-state index in [0.717, 1.165) is 19.4 Å². The molecule has 1 aromatic heterocycles. The minimum Gasteiger partial charge on any atom is -0.319 e. The molecule has 1 saturated heterocycles. The molecule has 0 radical (unpaired) electrons. The molecule has 1 aromatic rings. The molecule has 1 unspecified atom stereocenters. The van der Waals surface area contributed by atoms with Gasteiger partial charge in [-0.25, -0.2) is 0 Å². The third kappa shape index (κ3) is 4.00. The van der Waals surface area contributed by atoms with Crippen molar-refractivity contribution in [3.8, 4) is 0 Å². The molecular weight excluding hydrogens is 292 g/mol. The highest BCUT2D eigenvalue weighted by Gasteiger charge is 2.29. The molecule has 0 aliphatic carbocycles. The quantitative estimate of drug-likeness (QED) is 0.748. The van der Waals surface area contributed by atoms with Gasteiger partial charge in [-0.15, -0.1) is 10.2 Å². The summed E-state index contributed by atoms with van der Waals surface area (Å²) in [5, 5.41) is 10.9. The Balaban J connectivity index is 1.95. The second-order valence-corrected chi connectivity index (χ2v) is 7.25. The maximum atomic E-state index is 12.4. The van der Waals surface area contributed by atoms with E-state index in [1.54, 1.807) is 24.9 Å². The summed E-state index contributed by atoms with van der Waals surface area (Å²) in [7, 11) is 0.237. The standard InChI is InChI=1S/C12H24N6O2S/c1-10(12-15-14-9-17(12)3)16-21(19,20)18-6-4-11(5-7-18)8-13-2/h9-11,13,16H,4-8H2,1-3H3. The minimum atomic E-state index is -3.48. The van der Waals surface area contributed by atoms with E-state index in [1.165, 1.54) is 4.31 Å². The van der Waals surface area contributed by atoms with Crippen LogP contribution in [-0.2, 0) is 17.3 Å². The zero-order chi connectivity index (χ0) is 15.5. The number of hydrogen-bond acceptors (Lipinski definition) is 5. The molecule has 21 heavy (non-hydrogen) atoms. The lowest BCUT2D eigenvalue weighted by atomic mass is 9.98. The fraction of sp³-hybridized carbons (Fsp3) is 0.833. The van der Waals surface area contributed by atoms with Gasteiger partial charge in [0, 0.05) is 20.1 Å². The molecule has 8 nitrogen and oxygen atoms in total. The van der Waals surface area contributed by atoms with E-state index in [4.69, 9.17) is 0 Å². The van der Waals surface area contributed by atoms with Crippen LogP contribution < -0.4 is 10.0 Å². The van der Waals surface area contributed by atoms with E-state index in [9.17, 15) is 8.42 Å². The number of rotatable bonds is 6. The van der Waals surface area contributed by atoms with E-state index < -0.39 is 16.3 Å². The lowest BCUT2D eigenvalue weighted by Crippen LogP contribution is -2.46. The third-order valence-electron chi connectivity index (χ3n) is 3.87. The predicted molar refractivity (Wildman–Crippen MR) is 79.7 cm³/mol. The van der Waals surface area contributed by atoms with Gasteiger partial charge in [0.25, 0.3) is 10.2 Å². The van der Waals surface area contributed by atoms with Gasteiger partial charge in [-0.3, -0.25) is 0 Å². The third-order valence-corrected chi connectivity index (χ3v) is 5.56. The average molecular weight is 316 g/mol. The average Bonchev–Trinajstić information content (AvgIpc) is 2.85. The van der Waals surface area contributed by atoms with Crippen LogP contribution in [-0.4, -0.2) is 54.2 Å². The molecule has 1 fully saturated rings. The molecule has 9 heteroatoms. The fourth-order valence-corrected chi connectivity index (χ4v) is 4.07. The van der Waals surface area contributed by atoms with E-state index in [0.29, 0.717) is 24.8 Å². The van der Waals surface area contributed by atoms with Crippen molar-refractivity contribution in [2.75, 3.05) is 26.7 Å². The van der Waals surface area contributed by atoms with Crippen LogP contribution in [0.5, 0.6) is 0 Å². The highest BCUT2D eigenvalue weighted by atomic mass is 32.2. The van der Waals surface area contributed by atoms with E-state index >= 15 is 0 Å². The Hall–Kier alpha value is -1.03. The topological polar surface area (TPSA) is 92.2 Å². The zero-order valence-corrected chi connectivity index (χ0v) is 13.6. The molecule has 2 rings (SSSR count). The van der Waals surface area contributed by atoms with E-state index in [-0.39, 0.29) is 0 Å². The van der Waals surface area contributed by atoms with Crippen molar-refractivity contribution < 1.29 is 8.42 Å². The summed E-state index contributed by atoms with van der Waals surface area (Å²) in [4.78, 5) is 0. The maximum Gasteiger partial charge on any atom is 0.280 e. The number of piperidine rings is 1. The van der Waals surface area contributed by atoms with Gasteiger partial charge < -0.3 is 9.88 Å². The lowest BCUT2D eigenvalue weighted by Gasteiger charge is -2.31. The van der Waals surface area contributed by atoms with Gasteiger partial charge in [0.05, 0.1) is 6.04 Å². The van der Waals surface area contributed by atoms with Crippen LogP contribution in [0.15, 0.2) is 6.33 Å². The van der Waals surface area contributed by atoms with Crippen LogP contribution in [0.4, 0.5) is 0 Å². The van der Waals surface area contributed by atoms with Gasteiger partial charge in [-0.2, -0.15) is 17.4 Å². The van der Waals surface area contributed by atoms with E-state index in [1.807, 2.05) is 7.05 Å². The van der Waals surface area contributed by atoms with Crippen molar-refractivity contribution in [2.45, 2.75) is 25.8 Å². The molecule has 2 heterocycles. The summed E-state index contributed by atoms with van der Waals surface area (Å²) in [6.07, 6.45) is 3.34. The van der Waals surface area contributed by atoms with Crippen LogP contribution in [0.2, 0.25) is 0 Å². The molecule has 0 saturated carbocycles. The summed E-state index contributed by atoms with van der Waals surface area (Å²) in [5.41, 5.74) is 0. The number of nitrogens with one attached hydrogen (secondary N) is 2. The van der Waals surface area contributed by atoms with Crippen LogP contribution in [0.1, 0.15) is 31.6 Å². The van der Waals surface area contributed by atoms with Crippen molar-refractivity contribution in [2.24, 2.45) is 13.0 Å². The smallest absolute Gasteiger partial charge is 0.280 e. The van der Waals surface area contributed by atoms with Crippen LogP contribution in [0.25, 0.3) is 0 Å². The summed E-state index contributed by atoms with van der Waals surface area (Å²) in [6, 6.07) is -0.405. The number of aromatic nitrogens is 3. The SMILES string of the molecule is CNCC1CCN(S(=O)(=O)NC(C)c2nncn2C)CC1. The van der Waals surface area contributed by atoms with Crippen LogP contribution in [0.3, 0.4) is 0 Å². The first-order chi connectivity index (χ1) is 9.94. The van der Waals surface area contributed by atoms with E-state index in [2.05, 4.69) is 20.2 Å². The Morgan fingerprint density at radius 2 is 2.10 bits per heavy atom. The Kier molecular flexibility index (Phi) is 5.31. The first kappa shape index (κ1) is 16.3. The van der Waals surface area contributed by atoms with Crippen LogP contribution in [0, 0.1) is 5.92 Å². The molecule has 1 atom stereocenters. The van der Waals surface area contributed by atoms with Crippen LogP contribution >= 0.6 is 0 Å². The highest BCUT2D eigenvalue weighted by molar-refractivity contribution is 7.87. The minimum absolute atomic E-state index is 0.405. The number of nitrogens with zero attached hydrogens (tertiary/aromatic N) is 4. The highest BCUT2D eigenvalue weighted by Crippen LogP contribution is 2.19. The molecule has 0 amide bonds.